The summed E-state index contributed by atoms with van der Waals surface area (Å²) in [7, 11) is -4.51. The van der Waals surface area contributed by atoms with Gasteiger partial charge in [-0.25, -0.2) is 0 Å². The van der Waals surface area contributed by atoms with Gasteiger partial charge in [-0.3, -0.25) is 4.55 Å². The predicted molar refractivity (Wildman–Crippen MR) is 90.3 cm³/mol. The third kappa shape index (κ3) is 5.43. The Hall–Kier alpha value is -1.71. The minimum absolute atomic E-state index is 0.149. The molecule has 2 aromatic carbocycles. The number of hydrogen-bond acceptors (Lipinski definition) is 5. The Morgan fingerprint density at radius 1 is 1.08 bits per heavy atom. The fraction of sp³-hybridized carbons (Fsp3) is 0.375. The largest absolute Gasteiger partial charge is 0.491 e. The molecule has 8 heteroatoms. The topological polar surface area (TPSA) is 107 Å². The average molecular weight is 355 g/mol. The van der Waals surface area contributed by atoms with Gasteiger partial charge in [0, 0.05) is 13.1 Å². The van der Waals surface area contributed by atoms with Crippen LogP contribution in [0.3, 0.4) is 0 Å². The first-order valence-electron chi connectivity index (χ1n) is 7.46. The van der Waals surface area contributed by atoms with Crippen molar-refractivity contribution in [2.45, 2.75) is 19.1 Å². The van der Waals surface area contributed by atoms with Crippen LogP contribution in [-0.2, 0) is 10.3 Å². The molecule has 7 nitrogen and oxygen atoms in total. The van der Waals surface area contributed by atoms with Crippen molar-refractivity contribution in [3.05, 3.63) is 42.5 Å². The average Bonchev–Trinajstić information content (AvgIpc) is 2.51. The number of aliphatic hydroxyl groups is 2. The van der Waals surface area contributed by atoms with Gasteiger partial charge in [0.1, 0.15) is 18.5 Å². The van der Waals surface area contributed by atoms with Crippen LogP contribution in [-0.4, -0.2) is 59.4 Å². The van der Waals surface area contributed by atoms with E-state index in [9.17, 15) is 18.6 Å². The molecule has 2 atom stereocenters. The van der Waals surface area contributed by atoms with Crippen molar-refractivity contribution in [3.8, 4) is 5.75 Å². The van der Waals surface area contributed by atoms with Crippen LogP contribution in [0.5, 0.6) is 5.75 Å². The van der Waals surface area contributed by atoms with Gasteiger partial charge in [0.2, 0.25) is 0 Å². The third-order valence-electron chi connectivity index (χ3n) is 3.37. The molecule has 3 N–H and O–H groups in total. The van der Waals surface area contributed by atoms with Crippen LogP contribution in [0.15, 0.2) is 42.5 Å². The molecule has 0 saturated heterocycles. The molecule has 2 unspecified atom stereocenters. The first-order chi connectivity index (χ1) is 11.3. The number of fused-ring (bicyclic) bond motifs is 1. The minimum atomic E-state index is -4.51. The molecule has 2 aromatic rings. The highest BCUT2D eigenvalue weighted by Gasteiger charge is 2.24. The van der Waals surface area contributed by atoms with E-state index in [0.29, 0.717) is 10.1 Å². The molecule has 0 fully saturated rings. The Labute approximate surface area is 141 Å². The number of nitrogens with zero attached hydrogens (tertiary/aromatic N) is 1. The molecule has 0 aliphatic rings. The molecular formula is C16H21NO6S. The fourth-order valence-corrected chi connectivity index (χ4v) is 3.06. The lowest BCUT2D eigenvalue weighted by molar-refractivity contribution is 0.0745. The van der Waals surface area contributed by atoms with E-state index in [0.717, 1.165) is 10.8 Å². The van der Waals surface area contributed by atoms with Crippen molar-refractivity contribution >= 4 is 21.1 Å². The standard InChI is InChI=1S/C16H21NO6S/c1-12(18)9-17(24(20,21)22)10-15(19)11-23-16-7-6-13-4-2-3-5-14(13)8-16/h2-8,12,15,18-19H,9-11H2,1H3,(H,20,21,22). The number of ether oxygens (including phenoxy) is 1. The van der Waals surface area contributed by atoms with Crippen LogP contribution in [0.1, 0.15) is 6.92 Å². The Morgan fingerprint density at radius 2 is 1.75 bits per heavy atom. The molecule has 0 aliphatic heterocycles. The first-order valence-corrected chi connectivity index (χ1v) is 8.85. The van der Waals surface area contributed by atoms with Crippen LogP contribution in [0.4, 0.5) is 0 Å². The summed E-state index contributed by atoms with van der Waals surface area (Å²) in [6, 6.07) is 13.2. The van der Waals surface area contributed by atoms with Gasteiger partial charge in [-0.15, -0.1) is 0 Å². The normalized spacial score (nSPS) is 14.7. The lowest BCUT2D eigenvalue weighted by Gasteiger charge is -2.23. The van der Waals surface area contributed by atoms with Gasteiger partial charge >= 0.3 is 10.3 Å². The Balaban J connectivity index is 1.96. The molecule has 0 aromatic heterocycles. The zero-order chi connectivity index (χ0) is 17.7. The van der Waals surface area contributed by atoms with E-state index in [1.807, 2.05) is 36.4 Å². The number of rotatable bonds is 8. The molecule has 0 saturated carbocycles. The van der Waals surface area contributed by atoms with E-state index in [-0.39, 0.29) is 19.7 Å². The van der Waals surface area contributed by atoms with Gasteiger partial charge in [-0.1, -0.05) is 30.3 Å². The molecule has 0 heterocycles. The molecule has 0 bridgehead atoms. The van der Waals surface area contributed by atoms with E-state index in [1.54, 1.807) is 6.07 Å². The summed E-state index contributed by atoms with van der Waals surface area (Å²) in [5.41, 5.74) is 0. The fourth-order valence-electron chi connectivity index (χ4n) is 2.29. The number of hydrogen-bond donors (Lipinski definition) is 3. The summed E-state index contributed by atoms with van der Waals surface area (Å²) < 4.78 is 37.7. The second-order valence-corrected chi connectivity index (χ2v) is 7.03. The Bertz CT molecular complexity index is 777. The van der Waals surface area contributed by atoms with Gasteiger partial charge in [0.25, 0.3) is 0 Å². The maximum atomic E-state index is 11.2. The van der Waals surface area contributed by atoms with Gasteiger partial charge in [-0.05, 0) is 29.8 Å². The number of aliphatic hydroxyl groups excluding tert-OH is 2. The van der Waals surface area contributed by atoms with E-state index in [2.05, 4.69) is 0 Å². The van der Waals surface area contributed by atoms with Crippen LogP contribution in [0.2, 0.25) is 0 Å². The van der Waals surface area contributed by atoms with Crippen molar-refractivity contribution in [2.24, 2.45) is 0 Å². The smallest absolute Gasteiger partial charge is 0.336 e. The quantitative estimate of drug-likeness (QED) is 0.611. The SMILES string of the molecule is CC(O)CN(CC(O)COc1ccc2ccccc2c1)S(=O)(=O)O. The van der Waals surface area contributed by atoms with Gasteiger partial charge < -0.3 is 14.9 Å². The monoisotopic (exact) mass is 355 g/mol. The molecule has 132 valence electrons. The summed E-state index contributed by atoms with van der Waals surface area (Å²) >= 11 is 0. The molecule has 2 rings (SSSR count). The molecule has 0 spiro atoms. The maximum absolute atomic E-state index is 11.2. The highest BCUT2D eigenvalue weighted by molar-refractivity contribution is 7.83. The minimum Gasteiger partial charge on any atom is -0.491 e. The van der Waals surface area contributed by atoms with Crippen LogP contribution in [0, 0.1) is 0 Å². The van der Waals surface area contributed by atoms with Gasteiger partial charge in [0.05, 0.1) is 6.10 Å². The van der Waals surface area contributed by atoms with Gasteiger partial charge in [-0.2, -0.15) is 12.7 Å². The van der Waals surface area contributed by atoms with Crippen LogP contribution < -0.4 is 4.74 Å². The Morgan fingerprint density at radius 3 is 2.38 bits per heavy atom. The second kappa shape index (κ2) is 7.91. The molecule has 0 radical (unpaired) electrons. The van der Waals surface area contributed by atoms with E-state index < -0.39 is 22.5 Å². The Kier molecular flexibility index (Phi) is 6.14. The third-order valence-corrected chi connectivity index (χ3v) is 4.32. The van der Waals surface area contributed by atoms with Crippen LogP contribution >= 0.6 is 0 Å². The van der Waals surface area contributed by atoms with E-state index in [4.69, 9.17) is 9.29 Å². The summed E-state index contributed by atoms with van der Waals surface area (Å²) in [4.78, 5) is 0. The summed E-state index contributed by atoms with van der Waals surface area (Å²) in [6.07, 6.45) is -2.13. The van der Waals surface area contributed by atoms with Crippen LogP contribution in [0.25, 0.3) is 10.8 Å². The zero-order valence-electron chi connectivity index (χ0n) is 13.2. The highest BCUT2D eigenvalue weighted by atomic mass is 32.2. The summed E-state index contributed by atoms with van der Waals surface area (Å²) in [5.74, 6) is 0.543. The van der Waals surface area contributed by atoms with Crippen molar-refractivity contribution in [1.29, 1.82) is 0 Å². The lowest BCUT2D eigenvalue weighted by Crippen LogP contribution is -2.42. The second-order valence-electron chi connectivity index (χ2n) is 5.62. The summed E-state index contributed by atoms with van der Waals surface area (Å²) in [6.45, 7) is 0.545. The van der Waals surface area contributed by atoms with E-state index in [1.165, 1.54) is 6.92 Å². The first kappa shape index (κ1) is 18.6. The molecular weight excluding hydrogens is 334 g/mol. The summed E-state index contributed by atoms with van der Waals surface area (Å²) in [5, 5.41) is 21.3. The van der Waals surface area contributed by atoms with Gasteiger partial charge in [0.15, 0.2) is 0 Å². The zero-order valence-corrected chi connectivity index (χ0v) is 14.1. The molecule has 0 amide bonds. The van der Waals surface area contributed by atoms with E-state index >= 15 is 0 Å². The van der Waals surface area contributed by atoms with Crippen molar-refractivity contribution in [1.82, 2.24) is 4.31 Å². The predicted octanol–water partition coefficient (Wildman–Crippen LogP) is 1.07. The number of benzene rings is 2. The van der Waals surface area contributed by atoms with Crippen molar-refractivity contribution < 1.29 is 27.9 Å². The highest BCUT2D eigenvalue weighted by Crippen LogP contribution is 2.20. The van der Waals surface area contributed by atoms with Crippen molar-refractivity contribution in [3.63, 3.8) is 0 Å². The lowest BCUT2D eigenvalue weighted by atomic mass is 10.1. The molecule has 0 aliphatic carbocycles. The maximum Gasteiger partial charge on any atom is 0.336 e. The van der Waals surface area contributed by atoms with Crippen molar-refractivity contribution in [2.75, 3.05) is 19.7 Å². The molecule has 24 heavy (non-hydrogen) atoms.